The van der Waals surface area contributed by atoms with E-state index >= 15 is 0 Å². The average Bonchev–Trinajstić information content (AvgIpc) is 3.00. The van der Waals surface area contributed by atoms with Gasteiger partial charge in [0, 0.05) is 35.2 Å². The smallest absolute Gasteiger partial charge is 0.242 e. The number of fused-ring (bicyclic) bond motifs is 1. The number of nitrogens with zero attached hydrogens (tertiary/aromatic N) is 2. The molecule has 0 saturated carbocycles. The van der Waals surface area contributed by atoms with Gasteiger partial charge < -0.3 is 14.2 Å². The van der Waals surface area contributed by atoms with Gasteiger partial charge in [0.15, 0.2) is 5.78 Å². The van der Waals surface area contributed by atoms with Gasteiger partial charge in [0.05, 0.1) is 18.8 Å². The van der Waals surface area contributed by atoms with Crippen molar-refractivity contribution in [2.75, 3.05) is 26.3 Å². The van der Waals surface area contributed by atoms with Crippen LogP contribution in [0.15, 0.2) is 54.6 Å². The van der Waals surface area contributed by atoms with E-state index in [1.165, 1.54) is 0 Å². The number of rotatable bonds is 4. The molecule has 0 atom stereocenters. The summed E-state index contributed by atoms with van der Waals surface area (Å²) in [5.74, 6) is 0.0442. The van der Waals surface area contributed by atoms with Crippen molar-refractivity contribution in [1.82, 2.24) is 9.47 Å². The lowest BCUT2D eigenvalue weighted by atomic mass is 10.0. The Kier molecular flexibility index (Phi) is 4.77. The van der Waals surface area contributed by atoms with Crippen LogP contribution in [0.5, 0.6) is 0 Å². The third kappa shape index (κ3) is 3.26. The van der Waals surface area contributed by atoms with Crippen LogP contribution in [0.3, 0.4) is 0 Å². The SMILES string of the molecule is Cc1c(C(=O)c2ccccc2)c2ccccc2n1CC(=O)N1CCOCC1. The van der Waals surface area contributed by atoms with Crippen molar-refractivity contribution < 1.29 is 14.3 Å². The van der Waals surface area contributed by atoms with Gasteiger partial charge in [-0.05, 0) is 13.0 Å². The number of hydrogen-bond donors (Lipinski definition) is 0. The largest absolute Gasteiger partial charge is 0.378 e. The van der Waals surface area contributed by atoms with Crippen LogP contribution >= 0.6 is 0 Å². The summed E-state index contributed by atoms with van der Waals surface area (Å²) in [4.78, 5) is 27.8. The third-order valence-electron chi connectivity index (χ3n) is 5.15. The molecule has 0 N–H and O–H groups in total. The Hall–Kier alpha value is -2.92. The minimum atomic E-state index is -0.0122. The first-order valence-corrected chi connectivity index (χ1v) is 9.20. The van der Waals surface area contributed by atoms with E-state index in [-0.39, 0.29) is 18.2 Å². The summed E-state index contributed by atoms with van der Waals surface area (Å²) < 4.78 is 7.29. The lowest BCUT2D eigenvalue weighted by Gasteiger charge is -2.27. The number of benzene rings is 2. The van der Waals surface area contributed by atoms with Gasteiger partial charge in [-0.15, -0.1) is 0 Å². The van der Waals surface area contributed by atoms with Crippen molar-refractivity contribution in [3.8, 4) is 0 Å². The number of para-hydroxylation sites is 1. The van der Waals surface area contributed by atoms with E-state index in [1.54, 1.807) is 0 Å². The molecule has 3 aromatic rings. The summed E-state index contributed by atoms with van der Waals surface area (Å²) in [5, 5.41) is 0.888. The first kappa shape index (κ1) is 17.5. The molecule has 1 fully saturated rings. The van der Waals surface area contributed by atoms with E-state index in [9.17, 15) is 9.59 Å². The van der Waals surface area contributed by atoms with Gasteiger partial charge >= 0.3 is 0 Å². The van der Waals surface area contributed by atoms with Crippen molar-refractivity contribution in [2.24, 2.45) is 0 Å². The molecule has 5 nitrogen and oxygen atoms in total. The molecule has 27 heavy (non-hydrogen) atoms. The van der Waals surface area contributed by atoms with Crippen LogP contribution in [-0.2, 0) is 16.1 Å². The molecule has 1 aliphatic heterocycles. The quantitative estimate of drug-likeness (QED) is 0.671. The highest BCUT2D eigenvalue weighted by Crippen LogP contribution is 2.28. The fourth-order valence-electron chi connectivity index (χ4n) is 3.70. The Labute approximate surface area is 158 Å². The lowest BCUT2D eigenvalue weighted by molar-refractivity contribution is -0.135. The number of aromatic nitrogens is 1. The van der Waals surface area contributed by atoms with E-state index in [2.05, 4.69) is 0 Å². The monoisotopic (exact) mass is 362 g/mol. The van der Waals surface area contributed by atoms with Crippen molar-refractivity contribution in [3.05, 3.63) is 71.4 Å². The Bertz CT molecular complexity index is 985. The molecule has 5 heteroatoms. The molecule has 1 aromatic heterocycles. The minimum absolute atomic E-state index is 0.0122. The van der Waals surface area contributed by atoms with Gasteiger partial charge in [0.2, 0.25) is 5.91 Å². The highest BCUT2D eigenvalue weighted by atomic mass is 16.5. The summed E-state index contributed by atoms with van der Waals surface area (Å²) in [7, 11) is 0. The number of carbonyl (C=O) groups excluding carboxylic acids is 2. The maximum Gasteiger partial charge on any atom is 0.242 e. The van der Waals surface area contributed by atoms with E-state index in [1.807, 2.05) is 71.0 Å². The predicted octanol–water partition coefficient (Wildman–Crippen LogP) is 3.04. The third-order valence-corrected chi connectivity index (χ3v) is 5.15. The number of ketones is 1. The van der Waals surface area contributed by atoms with E-state index < -0.39 is 0 Å². The maximum atomic E-state index is 13.2. The summed E-state index contributed by atoms with van der Waals surface area (Å²) in [6.07, 6.45) is 0. The van der Waals surface area contributed by atoms with Crippen LogP contribution in [0.4, 0.5) is 0 Å². The van der Waals surface area contributed by atoms with Gasteiger partial charge in [-0.25, -0.2) is 0 Å². The van der Waals surface area contributed by atoms with Crippen molar-refractivity contribution in [3.63, 3.8) is 0 Å². The van der Waals surface area contributed by atoms with Crippen LogP contribution < -0.4 is 0 Å². The second-order valence-electron chi connectivity index (χ2n) is 6.75. The molecule has 2 aromatic carbocycles. The Balaban J connectivity index is 1.75. The number of morpholine rings is 1. The van der Waals surface area contributed by atoms with E-state index in [4.69, 9.17) is 4.74 Å². The molecule has 0 unspecified atom stereocenters. The molecule has 1 amide bonds. The maximum absolute atomic E-state index is 13.2. The molecule has 0 aliphatic carbocycles. The topological polar surface area (TPSA) is 51.5 Å². The number of hydrogen-bond acceptors (Lipinski definition) is 3. The van der Waals surface area contributed by atoms with E-state index in [0.717, 1.165) is 16.6 Å². The zero-order valence-electron chi connectivity index (χ0n) is 15.4. The molecule has 0 spiro atoms. The second-order valence-corrected chi connectivity index (χ2v) is 6.75. The Morgan fingerprint density at radius 2 is 1.63 bits per heavy atom. The van der Waals surface area contributed by atoms with Crippen LogP contribution in [-0.4, -0.2) is 47.5 Å². The summed E-state index contributed by atoms with van der Waals surface area (Å²) in [5.41, 5.74) is 3.07. The van der Waals surface area contributed by atoms with Gasteiger partial charge in [-0.1, -0.05) is 48.5 Å². The summed E-state index contributed by atoms with van der Waals surface area (Å²) >= 11 is 0. The molecule has 1 saturated heterocycles. The average molecular weight is 362 g/mol. The molecular formula is C22H22N2O3. The standard InChI is InChI=1S/C22H22N2O3/c1-16-21(22(26)17-7-3-2-4-8-17)18-9-5-6-10-19(18)24(16)15-20(25)23-11-13-27-14-12-23/h2-10H,11-15H2,1H3. The zero-order valence-corrected chi connectivity index (χ0v) is 15.4. The fourth-order valence-corrected chi connectivity index (χ4v) is 3.70. The summed E-state index contributed by atoms with van der Waals surface area (Å²) in [6, 6.07) is 17.1. The predicted molar refractivity (Wildman–Crippen MR) is 104 cm³/mol. The molecule has 2 heterocycles. The van der Waals surface area contributed by atoms with Gasteiger partial charge in [-0.3, -0.25) is 9.59 Å². The second kappa shape index (κ2) is 7.37. The first-order chi connectivity index (χ1) is 13.2. The van der Waals surface area contributed by atoms with E-state index in [0.29, 0.717) is 37.4 Å². The molecule has 138 valence electrons. The number of ether oxygens (including phenoxy) is 1. The number of carbonyl (C=O) groups is 2. The molecule has 1 aliphatic rings. The molecule has 4 rings (SSSR count). The molecule has 0 radical (unpaired) electrons. The zero-order chi connectivity index (χ0) is 18.8. The fraction of sp³-hybridized carbons (Fsp3) is 0.273. The van der Waals surface area contributed by atoms with Crippen molar-refractivity contribution >= 4 is 22.6 Å². The summed E-state index contributed by atoms with van der Waals surface area (Å²) in [6.45, 7) is 4.54. The van der Waals surface area contributed by atoms with Gasteiger partial charge in [0.25, 0.3) is 0 Å². The van der Waals surface area contributed by atoms with Crippen LogP contribution in [0.25, 0.3) is 10.9 Å². The van der Waals surface area contributed by atoms with Gasteiger partial charge in [0.1, 0.15) is 6.54 Å². The van der Waals surface area contributed by atoms with Crippen molar-refractivity contribution in [1.29, 1.82) is 0 Å². The number of amides is 1. The molecule has 0 bridgehead atoms. The van der Waals surface area contributed by atoms with Gasteiger partial charge in [-0.2, -0.15) is 0 Å². The highest BCUT2D eigenvalue weighted by Gasteiger charge is 2.24. The van der Waals surface area contributed by atoms with Crippen molar-refractivity contribution in [2.45, 2.75) is 13.5 Å². The van der Waals surface area contributed by atoms with Crippen LogP contribution in [0.1, 0.15) is 21.6 Å². The Morgan fingerprint density at radius 3 is 2.37 bits per heavy atom. The first-order valence-electron chi connectivity index (χ1n) is 9.20. The lowest BCUT2D eigenvalue weighted by Crippen LogP contribution is -2.42. The Morgan fingerprint density at radius 1 is 0.963 bits per heavy atom. The normalized spacial score (nSPS) is 14.5. The molecular weight excluding hydrogens is 340 g/mol. The highest BCUT2D eigenvalue weighted by molar-refractivity contribution is 6.17. The van der Waals surface area contributed by atoms with Crippen LogP contribution in [0.2, 0.25) is 0 Å². The minimum Gasteiger partial charge on any atom is -0.378 e. The van der Waals surface area contributed by atoms with Crippen LogP contribution in [0, 0.1) is 6.92 Å².